The third kappa shape index (κ3) is 2.82. The minimum atomic E-state index is -0.443. The van der Waals surface area contributed by atoms with Crippen LogP contribution in [-0.4, -0.2) is 16.5 Å². The molecule has 1 aromatic carbocycles. The van der Waals surface area contributed by atoms with Crippen LogP contribution in [0.15, 0.2) is 36.5 Å². The Labute approximate surface area is 132 Å². The van der Waals surface area contributed by atoms with Gasteiger partial charge in [-0.25, -0.2) is 4.98 Å². The summed E-state index contributed by atoms with van der Waals surface area (Å²) in [6, 6.07) is 8.37. The quantitative estimate of drug-likeness (QED) is 0.684. The summed E-state index contributed by atoms with van der Waals surface area (Å²) < 4.78 is 5.70. The average Bonchev–Trinajstić information content (AvgIpc) is 2.71. The van der Waals surface area contributed by atoms with Gasteiger partial charge in [-0.1, -0.05) is 23.7 Å². The molecule has 3 rings (SSSR count). The average molecular weight is 320 g/mol. The van der Waals surface area contributed by atoms with Gasteiger partial charge in [0.1, 0.15) is 5.75 Å². The van der Waals surface area contributed by atoms with Crippen molar-refractivity contribution in [2.24, 2.45) is 0 Å². The molecule has 1 aromatic heterocycles. The van der Waals surface area contributed by atoms with Crippen LogP contribution in [0.4, 0.5) is 11.5 Å². The first kappa shape index (κ1) is 14.6. The van der Waals surface area contributed by atoms with E-state index in [1.165, 1.54) is 12.3 Å². The summed E-state index contributed by atoms with van der Waals surface area (Å²) in [5.74, 6) is 0.892. The molecule has 1 aliphatic rings. The van der Waals surface area contributed by atoms with E-state index in [2.05, 4.69) is 10.3 Å². The maximum atomic E-state index is 11.1. The number of rotatable bonds is 3. The van der Waals surface area contributed by atoms with Gasteiger partial charge in [0.2, 0.25) is 5.82 Å². The lowest BCUT2D eigenvalue weighted by Gasteiger charge is -2.19. The van der Waals surface area contributed by atoms with Crippen LogP contribution in [0.2, 0.25) is 5.02 Å². The third-order valence-electron chi connectivity index (χ3n) is 3.55. The number of pyridine rings is 1. The Morgan fingerprint density at radius 1 is 1.36 bits per heavy atom. The first-order chi connectivity index (χ1) is 10.7. The van der Waals surface area contributed by atoms with Crippen molar-refractivity contribution in [1.29, 1.82) is 0 Å². The number of fused-ring (bicyclic) bond motifs is 1. The summed E-state index contributed by atoms with van der Waals surface area (Å²) in [6.07, 6.45) is 3.13. The molecule has 0 radical (unpaired) electrons. The Kier molecular flexibility index (Phi) is 4.11. The summed E-state index contributed by atoms with van der Waals surface area (Å²) >= 11 is 6.19. The molecule has 1 unspecified atom stereocenters. The predicted octanol–water partition coefficient (Wildman–Crippen LogP) is 3.97. The highest BCUT2D eigenvalue weighted by Crippen LogP contribution is 2.39. The number of anilines is 1. The number of halogens is 1. The minimum Gasteiger partial charge on any atom is -0.492 e. The van der Waals surface area contributed by atoms with Crippen molar-refractivity contribution in [2.45, 2.75) is 18.9 Å². The van der Waals surface area contributed by atoms with Gasteiger partial charge in [-0.3, -0.25) is 10.1 Å². The molecule has 0 aliphatic carbocycles. The molecule has 0 fully saturated rings. The zero-order valence-corrected chi connectivity index (χ0v) is 12.4. The second-order valence-corrected chi connectivity index (χ2v) is 5.38. The SMILES string of the molecule is O=[N+]([O-])c1cccnc1NC1CCCOc2c(Cl)cccc21. The fourth-order valence-electron chi connectivity index (χ4n) is 2.54. The van der Waals surface area contributed by atoms with Crippen LogP contribution in [0.3, 0.4) is 0 Å². The highest BCUT2D eigenvalue weighted by atomic mass is 35.5. The zero-order valence-electron chi connectivity index (χ0n) is 11.7. The molecule has 0 bridgehead atoms. The van der Waals surface area contributed by atoms with Crippen LogP contribution in [0.5, 0.6) is 5.75 Å². The van der Waals surface area contributed by atoms with E-state index in [-0.39, 0.29) is 17.5 Å². The summed E-state index contributed by atoms with van der Waals surface area (Å²) in [7, 11) is 0. The summed E-state index contributed by atoms with van der Waals surface area (Å²) in [6.45, 7) is 0.569. The summed E-state index contributed by atoms with van der Waals surface area (Å²) in [4.78, 5) is 14.8. The van der Waals surface area contributed by atoms with Gasteiger partial charge in [-0.15, -0.1) is 0 Å². The van der Waals surface area contributed by atoms with Gasteiger partial charge in [-0.2, -0.15) is 0 Å². The van der Waals surface area contributed by atoms with Crippen molar-refractivity contribution < 1.29 is 9.66 Å². The highest BCUT2D eigenvalue weighted by Gasteiger charge is 2.24. The van der Waals surface area contributed by atoms with Gasteiger partial charge in [0, 0.05) is 17.8 Å². The topological polar surface area (TPSA) is 77.3 Å². The molecule has 1 atom stereocenters. The zero-order chi connectivity index (χ0) is 15.5. The first-order valence-electron chi connectivity index (χ1n) is 6.94. The molecule has 114 valence electrons. The number of ether oxygens (including phenoxy) is 1. The molecule has 1 aliphatic heterocycles. The van der Waals surface area contributed by atoms with Crippen LogP contribution < -0.4 is 10.1 Å². The van der Waals surface area contributed by atoms with Crippen LogP contribution in [0.1, 0.15) is 24.4 Å². The Balaban J connectivity index is 1.97. The van der Waals surface area contributed by atoms with Crippen LogP contribution in [-0.2, 0) is 0 Å². The molecule has 6 nitrogen and oxygen atoms in total. The second kappa shape index (κ2) is 6.19. The molecular weight excluding hydrogens is 306 g/mol. The minimum absolute atomic E-state index is 0.0451. The Hall–Kier alpha value is -2.34. The molecular formula is C15H14ClN3O3. The lowest BCUT2D eigenvalue weighted by Crippen LogP contribution is -2.12. The molecule has 0 saturated carbocycles. The van der Waals surface area contributed by atoms with Gasteiger partial charge in [0.05, 0.1) is 22.6 Å². The van der Waals surface area contributed by atoms with Gasteiger partial charge in [0.25, 0.3) is 0 Å². The number of benzene rings is 1. The standard InChI is InChI=1S/C15H14ClN3O3/c16-11-5-1-4-10-12(6-3-9-22-14(10)11)18-15-13(19(20)21)7-2-8-17-15/h1-2,4-5,7-8,12H,3,6,9H2,(H,17,18). The van der Waals surface area contributed by atoms with E-state index in [4.69, 9.17) is 16.3 Å². The number of hydrogen-bond acceptors (Lipinski definition) is 5. The molecule has 0 spiro atoms. The monoisotopic (exact) mass is 319 g/mol. The fraction of sp³-hybridized carbons (Fsp3) is 0.267. The summed E-state index contributed by atoms with van der Waals surface area (Å²) in [5.41, 5.74) is 0.848. The van der Waals surface area contributed by atoms with Gasteiger partial charge < -0.3 is 10.1 Å². The number of hydrogen-bond donors (Lipinski definition) is 1. The van der Waals surface area contributed by atoms with Crippen molar-refractivity contribution >= 4 is 23.1 Å². The van der Waals surface area contributed by atoms with E-state index in [1.54, 1.807) is 12.1 Å². The molecule has 7 heteroatoms. The number of nitrogens with zero attached hydrogens (tertiary/aromatic N) is 2. The number of nitro groups is 1. The van der Waals surface area contributed by atoms with E-state index < -0.39 is 4.92 Å². The molecule has 2 heterocycles. The molecule has 22 heavy (non-hydrogen) atoms. The lowest BCUT2D eigenvalue weighted by molar-refractivity contribution is -0.384. The predicted molar refractivity (Wildman–Crippen MR) is 83.4 cm³/mol. The van der Waals surface area contributed by atoms with Crippen molar-refractivity contribution in [3.63, 3.8) is 0 Å². The normalized spacial score (nSPS) is 17.0. The van der Waals surface area contributed by atoms with Gasteiger partial charge in [-0.05, 0) is 25.0 Å². The Morgan fingerprint density at radius 2 is 2.23 bits per heavy atom. The molecule has 0 saturated heterocycles. The smallest absolute Gasteiger partial charge is 0.311 e. The van der Waals surface area contributed by atoms with Crippen LogP contribution in [0.25, 0.3) is 0 Å². The number of para-hydroxylation sites is 1. The Bertz CT molecular complexity index is 708. The van der Waals surface area contributed by atoms with Crippen LogP contribution >= 0.6 is 11.6 Å². The van der Waals surface area contributed by atoms with E-state index >= 15 is 0 Å². The van der Waals surface area contributed by atoms with Crippen molar-refractivity contribution in [2.75, 3.05) is 11.9 Å². The maximum absolute atomic E-state index is 11.1. The van der Waals surface area contributed by atoms with Gasteiger partial charge in [0.15, 0.2) is 0 Å². The van der Waals surface area contributed by atoms with Crippen LogP contribution in [0, 0.1) is 10.1 Å². The summed E-state index contributed by atoms with van der Waals surface area (Å²) in [5, 5.41) is 14.8. The second-order valence-electron chi connectivity index (χ2n) is 4.97. The molecule has 0 amide bonds. The highest BCUT2D eigenvalue weighted by molar-refractivity contribution is 6.32. The van der Waals surface area contributed by atoms with E-state index in [0.717, 1.165) is 18.4 Å². The first-order valence-corrected chi connectivity index (χ1v) is 7.32. The molecule has 2 aromatic rings. The van der Waals surface area contributed by atoms with Crippen molar-refractivity contribution in [3.8, 4) is 5.75 Å². The maximum Gasteiger partial charge on any atom is 0.311 e. The van der Waals surface area contributed by atoms with Gasteiger partial charge >= 0.3 is 5.69 Å². The van der Waals surface area contributed by atoms with E-state index in [9.17, 15) is 10.1 Å². The van der Waals surface area contributed by atoms with Crippen molar-refractivity contribution in [3.05, 3.63) is 57.2 Å². The third-order valence-corrected chi connectivity index (χ3v) is 3.85. The van der Waals surface area contributed by atoms with E-state index in [1.807, 2.05) is 12.1 Å². The lowest BCUT2D eigenvalue weighted by atomic mass is 10.0. The van der Waals surface area contributed by atoms with E-state index in [0.29, 0.717) is 17.4 Å². The van der Waals surface area contributed by atoms with Crippen molar-refractivity contribution in [1.82, 2.24) is 4.98 Å². The molecule has 1 N–H and O–H groups in total. The number of nitrogens with one attached hydrogen (secondary N) is 1. The Morgan fingerprint density at radius 3 is 3.05 bits per heavy atom. The number of aromatic nitrogens is 1. The fourth-order valence-corrected chi connectivity index (χ4v) is 2.78. The largest absolute Gasteiger partial charge is 0.492 e.